The van der Waals surface area contributed by atoms with E-state index >= 15 is 0 Å². The number of fused-ring (bicyclic) bond motifs is 3. The van der Waals surface area contributed by atoms with Crippen molar-refractivity contribution >= 4 is 39.2 Å². The Kier molecular flexibility index (Phi) is 14.7. The molecule has 0 aliphatic carbocycles. The molecule has 0 spiro atoms. The monoisotopic (exact) mass is 824 g/mol. The molecular formula is C54H58SiZr-4. The fourth-order valence-corrected chi connectivity index (χ4v) is 7.48. The molecule has 2 radical (unpaired) electrons. The van der Waals surface area contributed by atoms with Crippen molar-refractivity contribution in [2.45, 2.75) is 79.1 Å². The van der Waals surface area contributed by atoms with Crippen molar-refractivity contribution in [3.63, 3.8) is 0 Å². The van der Waals surface area contributed by atoms with Gasteiger partial charge in [-0.3, -0.25) is 0 Å². The first-order chi connectivity index (χ1) is 25.8. The van der Waals surface area contributed by atoms with E-state index in [2.05, 4.69) is 215 Å². The molecule has 0 aliphatic heterocycles. The molecule has 0 saturated heterocycles. The Hall–Kier alpha value is -4.10. The van der Waals surface area contributed by atoms with Crippen LogP contribution < -0.4 is 0 Å². The van der Waals surface area contributed by atoms with E-state index in [0.29, 0.717) is 5.92 Å². The molecule has 56 heavy (non-hydrogen) atoms. The molecule has 0 N–H and O–H groups in total. The van der Waals surface area contributed by atoms with Gasteiger partial charge in [-0.2, -0.15) is 12.1 Å². The number of benzene rings is 6. The summed E-state index contributed by atoms with van der Waals surface area (Å²) in [6.45, 7) is 23.4. The standard InChI is InChI=1S/C30H33.C22H19.2CH3.Si.Zr/c1-20-16-24-18-23(21-8-12-25(13-9-21)29(2,3)4)19-28(27(24)17-20)22-10-14-26(15-11-22)30(5,6)7;1-15(2)18-13-17-9-6-12-21(22(17)14-18)20-11-5-8-16-7-3-4-10-19(16)20;;;;/h8-19H,1-7H3;3-15H,1-2H3;2*1H3;;/q4*-1;;. The van der Waals surface area contributed by atoms with Crippen molar-refractivity contribution < 1.29 is 23.3 Å². The summed E-state index contributed by atoms with van der Waals surface area (Å²) in [5.74, 6) is 0.563. The van der Waals surface area contributed by atoms with E-state index in [1.54, 1.807) is 0 Å². The van der Waals surface area contributed by atoms with E-state index in [0.717, 1.165) is 0 Å². The van der Waals surface area contributed by atoms with E-state index in [1.165, 1.54) is 111 Å². The minimum atomic E-state index is 0. The molecule has 8 rings (SSSR count). The first-order valence-electron chi connectivity index (χ1n) is 19.1. The molecule has 0 heterocycles. The van der Waals surface area contributed by atoms with Crippen molar-refractivity contribution in [1.82, 2.24) is 0 Å². The fraction of sp³-hybridized carbons (Fsp3) is 0.222. The summed E-state index contributed by atoms with van der Waals surface area (Å²) in [7, 11) is 0. The first kappa shape index (κ1) is 44.6. The third-order valence-electron chi connectivity index (χ3n) is 10.6. The molecule has 0 aromatic heterocycles. The van der Waals surface area contributed by atoms with Crippen molar-refractivity contribution in [2.75, 3.05) is 0 Å². The second-order valence-corrected chi connectivity index (χ2v) is 17.0. The van der Waals surface area contributed by atoms with Gasteiger partial charge in [-0.25, -0.2) is 0 Å². The van der Waals surface area contributed by atoms with Crippen molar-refractivity contribution in [1.29, 1.82) is 0 Å². The minimum absolute atomic E-state index is 0. The summed E-state index contributed by atoms with van der Waals surface area (Å²) in [5.41, 5.74) is 13.6. The van der Waals surface area contributed by atoms with Gasteiger partial charge in [-0.05, 0) is 55.3 Å². The number of hydrogen-bond donors (Lipinski definition) is 0. The van der Waals surface area contributed by atoms with Crippen LogP contribution >= 0.6 is 0 Å². The average Bonchev–Trinajstić information content (AvgIpc) is 3.78. The van der Waals surface area contributed by atoms with Gasteiger partial charge in [0.1, 0.15) is 0 Å². The second-order valence-electron chi connectivity index (χ2n) is 17.0. The second kappa shape index (κ2) is 18.4. The Bertz CT molecular complexity index is 2500. The Labute approximate surface area is 355 Å². The van der Waals surface area contributed by atoms with Crippen LogP contribution in [0.1, 0.15) is 83.6 Å². The zero-order valence-corrected chi connectivity index (χ0v) is 38.9. The van der Waals surface area contributed by atoms with Gasteiger partial charge in [0.25, 0.3) is 0 Å². The molecular weight excluding hydrogens is 768 g/mol. The molecule has 8 aromatic rings. The predicted octanol–water partition coefficient (Wildman–Crippen LogP) is 15.8. The number of rotatable bonds is 4. The number of hydrogen-bond acceptors (Lipinski definition) is 0. The molecule has 0 unspecified atom stereocenters. The Morgan fingerprint density at radius 1 is 0.482 bits per heavy atom. The topological polar surface area (TPSA) is 0 Å². The van der Waals surface area contributed by atoms with E-state index in [4.69, 9.17) is 0 Å². The van der Waals surface area contributed by atoms with Crippen LogP contribution in [0, 0.1) is 21.8 Å². The van der Waals surface area contributed by atoms with Crippen molar-refractivity contribution in [3.05, 3.63) is 183 Å². The van der Waals surface area contributed by atoms with Crippen LogP contribution in [-0.2, 0) is 34.2 Å². The van der Waals surface area contributed by atoms with Gasteiger partial charge in [0.2, 0.25) is 0 Å². The van der Waals surface area contributed by atoms with Crippen LogP contribution in [0.3, 0.4) is 0 Å². The summed E-state index contributed by atoms with van der Waals surface area (Å²) in [6.07, 6.45) is 0. The third kappa shape index (κ3) is 9.70. The zero-order chi connectivity index (χ0) is 38.8. The van der Waals surface area contributed by atoms with Crippen LogP contribution in [0.25, 0.3) is 65.7 Å². The quantitative estimate of drug-likeness (QED) is 0.122. The molecule has 286 valence electrons. The van der Waals surface area contributed by atoms with Gasteiger partial charge >= 0.3 is 30.2 Å². The average molecular weight is 826 g/mol. The van der Waals surface area contributed by atoms with Crippen LogP contribution in [-0.4, -0.2) is 6.88 Å². The molecule has 0 atom stereocenters. The molecule has 0 saturated carbocycles. The maximum atomic E-state index is 3.06. The molecule has 0 fully saturated rings. The van der Waals surface area contributed by atoms with Gasteiger partial charge in [-0.1, -0.05) is 182 Å². The normalized spacial score (nSPS) is 11.3. The Morgan fingerprint density at radius 3 is 1.59 bits per heavy atom. The van der Waals surface area contributed by atoms with Crippen LogP contribution in [0.4, 0.5) is 0 Å². The molecule has 8 aromatic carbocycles. The molecule has 0 bridgehead atoms. The van der Waals surface area contributed by atoms with Crippen molar-refractivity contribution in [2.24, 2.45) is 0 Å². The number of aryl methyl sites for hydroxylation is 1. The van der Waals surface area contributed by atoms with E-state index < -0.39 is 0 Å². The fourth-order valence-electron chi connectivity index (χ4n) is 7.48. The van der Waals surface area contributed by atoms with Crippen LogP contribution in [0.15, 0.2) is 146 Å². The van der Waals surface area contributed by atoms with Gasteiger partial charge in [0, 0.05) is 0 Å². The predicted molar refractivity (Wildman–Crippen MR) is 248 cm³/mol. The van der Waals surface area contributed by atoms with E-state index in [9.17, 15) is 0 Å². The zero-order valence-electron chi connectivity index (χ0n) is 35.4. The Balaban J connectivity index is 0.000000239. The summed E-state index contributed by atoms with van der Waals surface area (Å²) in [5, 5.41) is 7.99. The van der Waals surface area contributed by atoms with Gasteiger partial charge in [0.05, 0.1) is 0 Å². The van der Waals surface area contributed by atoms with Gasteiger partial charge < -0.3 is 14.9 Å². The summed E-state index contributed by atoms with van der Waals surface area (Å²) < 4.78 is 0. The SMILES string of the molecule is CC(C)c1cc2c(-c3cccc4ccccc34)cccc2[cH-]1.Cc1cc2c(-c3ccc(C(C)(C)C)cc3)cc(-c3ccc(C(C)(C)C)cc3)cc2[cH-]1.[CH3-].[CH3-].[Si]=[Zr]. The Morgan fingerprint density at radius 2 is 1.00 bits per heavy atom. The molecule has 0 amide bonds. The van der Waals surface area contributed by atoms with Crippen LogP contribution in [0.2, 0.25) is 0 Å². The molecule has 0 nitrogen and oxygen atoms in total. The van der Waals surface area contributed by atoms with Gasteiger partial charge in [0.15, 0.2) is 0 Å². The van der Waals surface area contributed by atoms with Crippen molar-refractivity contribution in [3.8, 4) is 33.4 Å². The van der Waals surface area contributed by atoms with Gasteiger partial charge in [-0.15, -0.1) is 63.0 Å². The van der Waals surface area contributed by atoms with E-state index in [-0.39, 0.29) is 25.7 Å². The maximum absolute atomic E-state index is 3.06. The van der Waals surface area contributed by atoms with Crippen LogP contribution in [0.5, 0.6) is 0 Å². The molecule has 2 heteroatoms. The third-order valence-corrected chi connectivity index (χ3v) is 10.6. The summed E-state index contributed by atoms with van der Waals surface area (Å²) in [6, 6.07) is 54.0. The van der Waals surface area contributed by atoms with E-state index in [1.807, 2.05) is 0 Å². The summed E-state index contributed by atoms with van der Waals surface area (Å²) in [4.78, 5) is 0. The summed E-state index contributed by atoms with van der Waals surface area (Å²) >= 11 is 1.36. The molecule has 0 aliphatic rings. The first-order valence-corrected chi connectivity index (χ1v) is 23.3.